The average Bonchev–Trinajstić information content (AvgIpc) is 3.28. The zero-order valence-electron chi connectivity index (χ0n) is 18.0. The molecule has 1 unspecified atom stereocenters. The van der Waals surface area contributed by atoms with Gasteiger partial charge in [0.2, 0.25) is 0 Å². The minimum atomic E-state index is -3.36. The molecule has 2 aliphatic rings. The van der Waals surface area contributed by atoms with Gasteiger partial charge in [0.25, 0.3) is 5.91 Å². The van der Waals surface area contributed by atoms with Crippen molar-refractivity contribution in [3.63, 3.8) is 0 Å². The topological polar surface area (TPSA) is 92.8 Å². The average molecular weight is 427 g/mol. The Morgan fingerprint density at radius 3 is 2.23 bits per heavy atom. The molecule has 2 aromatic carbocycles. The molecule has 1 atom stereocenters. The van der Waals surface area contributed by atoms with Crippen molar-refractivity contribution in [1.82, 2.24) is 0 Å². The van der Waals surface area contributed by atoms with E-state index in [0.29, 0.717) is 16.0 Å². The standard InChI is InChI=1S/C24H30N2O3S/c1-15-12-18(24(2,3)28)10-11-22(15)30(25,29)26-23(27)14-21-19-8-4-6-16(19)13-17-7-5-9-20(17)21/h10-13,28H,4-9,14H2,1-3H3,(H2,25,26,27,29). The first-order chi connectivity index (χ1) is 14.1. The first-order valence-electron chi connectivity index (χ1n) is 10.6. The molecule has 0 bridgehead atoms. The number of nitrogens with zero attached hydrogens (tertiary/aromatic N) is 1. The summed E-state index contributed by atoms with van der Waals surface area (Å²) in [5.41, 5.74) is 6.77. The fraction of sp³-hybridized carbons (Fsp3) is 0.458. The minimum absolute atomic E-state index is 0.167. The number of aryl methyl sites for hydroxylation is 3. The smallest absolute Gasteiger partial charge is 0.259 e. The maximum atomic E-state index is 13.2. The van der Waals surface area contributed by atoms with E-state index < -0.39 is 21.4 Å². The lowest BCUT2D eigenvalue weighted by molar-refractivity contribution is -0.117. The van der Waals surface area contributed by atoms with Gasteiger partial charge in [0, 0.05) is 0 Å². The Labute approximate surface area is 179 Å². The number of benzene rings is 2. The lowest BCUT2D eigenvalue weighted by atomic mass is 9.92. The number of nitrogens with two attached hydrogens (primary N) is 1. The summed E-state index contributed by atoms with van der Waals surface area (Å²) >= 11 is 0. The number of hydrogen-bond acceptors (Lipinski definition) is 3. The lowest BCUT2D eigenvalue weighted by Crippen LogP contribution is -2.20. The van der Waals surface area contributed by atoms with E-state index in [1.807, 2.05) is 0 Å². The lowest BCUT2D eigenvalue weighted by Gasteiger charge is -2.19. The Morgan fingerprint density at radius 2 is 1.70 bits per heavy atom. The van der Waals surface area contributed by atoms with Crippen LogP contribution in [0.15, 0.2) is 33.5 Å². The van der Waals surface area contributed by atoms with E-state index in [2.05, 4.69) is 10.4 Å². The van der Waals surface area contributed by atoms with Gasteiger partial charge in [0.1, 0.15) is 9.92 Å². The predicted molar refractivity (Wildman–Crippen MR) is 119 cm³/mol. The molecular weight excluding hydrogens is 396 g/mol. The van der Waals surface area contributed by atoms with Gasteiger partial charge in [-0.15, -0.1) is 4.36 Å². The first kappa shape index (κ1) is 21.2. The third-order valence-electron chi connectivity index (χ3n) is 6.36. The molecule has 0 fully saturated rings. The summed E-state index contributed by atoms with van der Waals surface area (Å²) in [6.07, 6.45) is 6.55. The van der Waals surface area contributed by atoms with Crippen molar-refractivity contribution in [3.05, 3.63) is 63.2 Å². The molecule has 2 aromatic rings. The molecular formula is C24H30N2O3S. The van der Waals surface area contributed by atoms with Crippen molar-refractivity contribution in [1.29, 1.82) is 0 Å². The van der Waals surface area contributed by atoms with Gasteiger partial charge in [-0.2, -0.15) is 0 Å². The quantitative estimate of drug-likeness (QED) is 0.781. The van der Waals surface area contributed by atoms with Gasteiger partial charge < -0.3 is 5.11 Å². The zero-order valence-corrected chi connectivity index (χ0v) is 18.8. The van der Waals surface area contributed by atoms with Crippen LogP contribution in [0.5, 0.6) is 0 Å². The van der Waals surface area contributed by atoms with Crippen molar-refractivity contribution in [2.75, 3.05) is 0 Å². The van der Waals surface area contributed by atoms with Gasteiger partial charge >= 0.3 is 0 Å². The number of fused-ring (bicyclic) bond motifs is 2. The fourth-order valence-electron chi connectivity index (χ4n) is 4.89. The molecule has 30 heavy (non-hydrogen) atoms. The molecule has 5 nitrogen and oxygen atoms in total. The van der Waals surface area contributed by atoms with E-state index in [1.165, 1.54) is 22.3 Å². The highest BCUT2D eigenvalue weighted by atomic mass is 32.2. The van der Waals surface area contributed by atoms with Crippen LogP contribution in [-0.4, -0.2) is 15.2 Å². The minimum Gasteiger partial charge on any atom is -0.386 e. The SMILES string of the molecule is Cc1cc(C(C)(C)O)ccc1S(N)(=O)=NC(=O)Cc1c2c(cc3c1CCC3)CCC2. The molecule has 2 aliphatic carbocycles. The van der Waals surface area contributed by atoms with Crippen LogP contribution in [0.25, 0.3) is 0 Å². The van der Waals surface area contributed by atoms with Crippen LogP contribution >= 0.6 is 0 Å². The van der Waals surface area contributed by atoms with Crippen molar-refractivity contribution in [2.24, 2.45) is 9.50 Å². The van der Waals surface area contributed by atoms with Crippen molar-refractivity contribution in [2.45, 2.75) is 76.2 Å². The van der Waals surface area contributed by atoms with E-state index in [4.69, 9.17) is 5.14 Å². The van der Waals surface area contributed by atoms with Gasteiger partial charge in [-0.05, 0) is 104 Å². The van der Waals surface area contributed by atoms with Gasteiger partial charge in [0.05, 0.1) is 16.9 Å². The zero-order chi connectivity index (χ0) is 21.7. The first-order valence-corrected chi connectivity index (χ1v) is 12.2. The number of hydrogen-bond donors (Lipinski definition) is 2. The summed E-state index contributed by atoms with van der Waals surface area (Å²) < 4.78 is 17.1. The number of aliphatic hydroxyl groups is 1. The van der Waals surface area contributed by atoms with E-state index in [-0.39, 0.29) is 6.42 Å². The van der Waals surface area contributed by atoms with Crippen LogP contribution in [0, 0.1) is 6.92 Å². The second-order valence-electron chi connectivity index (χ2n) is 9.11. The number of carbonyl (C=O) groups excluding carboxylic acids is 1. The van der Waals surface area contributed by atoms with Gasteiger partial charge in [-0.3, -0.25) is 4.79 Å². The molecule has 0 heterocycles. The van der Waals surface area contributed by atoms with Gasteiger partial charge in [-0.25, -0.2) is 9.35 Å². The highest BCUT2D eigenvalue weighted by molar-refractivity contribution is 7.91. The fourth-order valence-corrected chi connectivity index (χ4v) is 6.14. The molecule has 6 heteroatoms. The Bertz CT molecular complexity index is 1120. The summed E-state index contributed by atoms with van der Waals surface area (Å²) in [5.74, 6) is -0.428. The molecule has 3 N–H and O–H groups in total. The van der Waals surface area contributed by atoms with Crippen LogP contribution in [0.2, 0.25) is 0 Å². The van der Waals surface area contributed by atoms with Crippen LogP contribution in [0.3, 0.4) is 0 Å². The largest absolute Gasteiger partial charge is 0.386 e. The molecule has 4 rings (SSSR count). The van der Waals surface area contributed by atoms with Crippen LogP contribution < -0.4 is 5.14 Å². The molecule has 0 spiro atoms. The van der Waals surface area contributed by atoms with E-state index in [9.17, 15) is 14.1 Å². The number of rotatable bonds is 4. The summed E-state index contributed by atoms with van der Waals surface area (Å²) in [5, 5.41) is 16.2. The Kier molecular flexibility index (Phi) is 5.37. The Hall–Kier alpha value is -2.02. The maximum Gasteiger partial charge on any atom is 0.259 e. The number of carbonyl (C=O) groups is 1. The van der Waals surface area contributed by atoms with E-state index in [1.54, 1.807) is 39.0 Å². The van der Waals surface area contributed by atoms with Gasteiger partial charge in [0.15, 0.2) is 0 Å². The molecule has 0 radical (unpaired) electrons. The highest BCUT2D eigenvalue weighted by Gasteiger charge is 2.26. The van der Waals surface area contributed by atoms with Crippen LogP contribution in [-0.2, 0) is 52.4 Å². The van der Waals surface area contributed by atoms with Gasteiger partial charge in [-0.1, -0.05) is 18.2 Å². The Balaban J connectivity index is 1.67. The molecule has 160 valence electrons. The maximum absolute atomic E-state index is 13.2. The van der Waals surface area contributed by atoms with Crippen molar-refractivity contribution >= 4 is 15.8 Å². The van der Waals surface area contributed by atoms with E-state index in [0.717, 1.165) is 44.1 Å². The third-order valence-corrected chi connectivity index (χ3v) is 7.92. The molecule has 0 saturated heterocycles. The summed E-state index contributed by atoms with van der Waals surface area (Å²) in [6, 6.07) is 7.37. The number of amides is 1. The highest BCUT2D eigenvalue weighted by Crippen LogP contribution is 2.35. The molecule has 1 amide bonds. The molecule has 0 saturated carbocycles. The predicted octanol–water partition coefficient (Wildman–Crippen LogP) is 3.67. The van der Waals surface area contributed by atoms with Crippen molar-refractivity contribution in [3.8, 4) is 0 Å². The summed E-state index contributed by atoms with van der Waals surface area (Å²) in [6.45, 7) is 5.14. The molecule has 0 aliphatic heterocycles. The second-order valence-corrected chi connectivity index (χ2v) is 10.9. The molecule has 0 aromatic heterocycles. The van der Waals surface area contributed by atoms with Crippen LogP contribution in [0.4, 0.5) is 0 Å². The van der Waals surface area contributed by atoms with E-state index >= 15 is 0 Å². The summed E-state index contributed by atoms with van der Waals surface area (Å²) in [4.78, 5) is 13.2. The summed E-state index contributed by atoms with van der Waals surface area (Å²) in [7, 11) is -3.36. The third kappa shape index (κ3) is 3.96. The van der Waals surface area contributed by atoms with Crippen molar-refractivity contribution < 1.29 is 14.1 Å². The Morgan fingerprint density at radius 1 is 1.10 bits per heavy atom. The second kappa shape index (κ2) is 7.59. The van der Waals surface area contributed by atoms with Crippen LogP contribution in [0.1, 0.15) is 65.6 Å². The normalized spacial score (nSPS) is 17.4. The monoisotopic (exact) mass is 426 g/mol.